The molecule has 0 saturated heterocycles. The number of nitrogens with zero attached hydrogens (tertiary/aromatic N) is 7. The zero-order valence-electron chi connectivity index (χ0n) is 28.9. The van der Waals surface area contributed by atoms with Crippen LogP contribution in [0.2, 0.25) is 0 Å². The van der Waals surface area contributed by atoms with Crippen molar-refractivity contribution in [3.63, 3.8) is 0 Å². The normalized spacial score (nSPS) is 10.9. The van der Waals surface area contributed by atoms with Crippen molar-refractivity contribution in [3.8, 4) is 85.5 Å². The second-order valence-corrected chi connectivity index (χ2v) is 12.8. The van der Waals surface area contributed by atoms with Crippen molar-refractivity contribution in [3.05, 3.63) is 181 Å². The van der Waals surface area contributed by atoms with Gasteiger partial charge in [-0.3, -0.25) is 0 Å². The molecule has 252 valence electrons. The molecule has 0 saturated carbocycles. The first-order valence-electron chi connectivity index (χ1n) is 17.5. The minimum Gasteiger partial charge on any atom is -0.208 e. The van der Waals surface area contributed by atoms with E-state index in [1.54, 1.807) is 12.1 Å². The molecule has 0 atom stereocenters. The molecule has 0 aliphatic heterocycles. The van der Waals surface area contributed by atoms with Gasteiger partial charge in [0, 0.05) is 33.4 Å². The van der Waals surface area contributed by atoms with Gasteiger partial charge in [-0.25, -0.2) is 29.9 Å². The van der Waals surface area contributed by atoms with Gasteiger partial charge in [0.1, 0.15) is 0 Å². The summed E-state index contributed by atoms with van der Waals surface area (Å²) < 4.78 is 0. The van der Waals surface area contributed by atoms with Crippen molar-refractivity contribution < 1.29 is 0 Å². The van der Waals surface area contributed by atoms with Crippen LogP contribution in [0.25, 0.3) is 90.2 Å². The van der Waals surface area contributed by atoms with Gasteiger partial charge in [-0.2, -0.15) is 5.26 Å². The molecule has 0 amide bonds. The van der Waals surface area contributed by atoms with Crippen molar-refractivity contribution in [2.45, 2.75) is 0 Å². The highest BCUT2D eigenvalue weighted by molar-refractivity contribution is 5.86. The zero-order valence-corrected chi connectivity index (χ0v) is 28.9. The van der Waals surface area contributed by atoms with Crippen LogP contribution in [0.15, 0.2) is 176 Å². The molecule has 7 heteroatoms. The molecule has 9 rings (SSSR count). The van der Waals surface area contributed by atoms with E-state index < -0.39 is 0 Å². The summed E-state index contributed by atoms with van der Waals surface area (Å²) in [6, 6.07) is 60.4. The molecule has 0 unspecified atom stereocenters. The molecular formula is C47H29N7. The number of fused-ring (bicyclic) bond motifs is 1. The summed E-state index contributed by atoms with van der Waals surface area (Å²) in [6.45, 7) is 0. The predicted molar refractivity (Wildman–Crippen MR) is 213 cm³/mol. The molecule has 0 fully saturated rings. The van der Waals surface area contributed by atoms with Gasteiger partial charge in [0.2, 0.25) is 0 Å². The third kappa shape index (κ3) is 6.59. The van der Waals surface area contributed by atoms with Gasteiger partial charge in [0.15, 0.2) is 34.9 Å². The van der Waals surface area contributed by atoms with E-state index in [9.17, 15) is 5.26 Å². The van der Waals surface area contributed by atoms with Crippen molar-refractivity contribution in [2.24, 2.45) is 0 Å². The molecule has 0 radical (unpaired) electrons. The Bertz CT molecular complexity index is 2750. The smallest absolute Gasteiger partial charge is 0.164 e. The Morgan fingerprint density at radius 3 is 1.11 bits per heavy atom. The van der Waals surface area contributed by atoms with Gasteiger partial charge in [-0.05, 0) is 40.1 Å². The first kappa shape index (κ1) is 32.2. The highest BCUT2D eigenvalue weighted by Crippen LogP contribution is 2.31. The van der Waals surface area contributed by atoms with E-state index in [1.807, 2.05) is 115 Å². The number of rotatable bonds is 7. The molecule has 7 nitrogen and oxygen atoms in total. The van der Waals surface area contributed by atoms with E-state index in [1.165, 1.54) is 0 Å². The third-order valence-corrected chi connectivity index (χ3v) is 9.21. The average Bonchev–Trinajstić information content (AvgIpc) is 3.26. The molecule has 0 aliphatic carbocycles. The van der Waals surface area contributed by atoms with Gasteiger partial charge in [0.25, 0.3) is 0 Å². The van der Waals surface area contributed by atoms with Crippen molar-refractivity contribution in [2.75, 3.05) is 0 Å². The lowest BCUT2D eigenvalue weighted by atomic mass is 10.0. The summed E-state index contributed by atoms with van der Waals surface area (Å²) >= 11 is 0. The highest BCUT2D eigenvalue weighted by Gasteiger charge is 2.15. The van der Waals surface area contributed by atoms with Crippen LogP contribution in [0.4, 0.5) is 0 Å². The van der Waals surface area contributed by atoms with Crippen molar-refractivity contribution in [1.82, 2.24) is 29.9 Å². The molecule has 2 heterocycles. The van der Waals surface area contributed by atoms with Crippen molar-refractivity contribution >= 4 is 10.8 Å². The molecule has 7 aromatic carbocycles. The van der Waals surface area contributed by atoms with Gasteiger partial charge < -0.3 is 0 Å². The zero-order chi connectivity index (χ0) is 36.3. The van der Waals surface area contributed by atoms with Gasteiger partial charge in [-0.1, -0.05) is 158 Å². The molecule has 2 aromatic heterocycles. The number of aromatic nitrogens is 6. The molecule has 0 spiro atoms. The van der Waals surface area contributed by atoms with Crippen LogP contribution in [0.3, 0.4) is 0 Å². The molecular weight excluding hydrogens is 663 g/mol. The van der Waals surface area contributed by atoms with E-state index in [0.29, 0.717) is 40.5 Å². The number of hydrogen-bond donors (Lipinski definition) is 0. The maximum Gasteiger partial charge on any atom is 0.164 e. The standard InChI is InChI=1S/C47H29N7/c48-30-31-10-9-17-40(28-31)46-52-45(53-47(54-46)41-27-22-32-11-7-8-16-39(32)29-41)38-25-20-34(21-26-38)33-18-23-37(24-19-33)44-50-42(35-12-3-1-4-13-35)49-43(51-44)36-14-5-2-6-15-36/h1-29H. The summed E-state index contributed by atoms with van der Waals surface area (Å²) in [7, 11) is 0. The van der Waals surface area contributed by atoms with Crippen LogP contribution in [-0.4, -0.2) is 29.9 Å². The fraction of sp³-hybridized carbons (Fsp3) is 0. The molecule has 0 N–H and O–H groups in total. The Morgan fingerprint density at radius 2 is 0.630 bits per heavy atom. The second-order valence-electron chi connectivity index (χ2n) is 12.8. The SMILES string of the molecule is N#Cc1cccc(-c2nc(-c3ccc(-c4ccc(-c5nc(-c6ccccc6)nc(-c6ccccc6)n5)cc4)cc3)nc(-c3ccc4ccccc4c3)n2)c1. The lowest BCUT2D eigenvalue weighted by Gasteiger charge is -2.10. The average molecular weight is 692 g/mol. The van der Waals surface area contributed by atoms with E-state index in [4.69, 9.17) is 29.9 Å². The topological polar surface area (TPSA) is 101 Å². The fourth-order valence-electron chi connectivity index (χ4n) is 6.38. The summed E-state index contributed by atoms with van der Waals surface area (Å²) in [6.07, 6.45) is 0. The third-order valence-electron chi connectivity index (χ3n) is 9.21. The maximum atomic E-state index is 9.56. The summed E-state index contributed by atoms with van der Waals surface area (Å²) in [5.41, 5.74) is 7.88. The predicted octanol–water partition coefficient (Wildman–Crippen LogP) is 10.8. The van der Waals surface area contributed by atoms with E-state index in [2.05, 4.69) is 54.6 Å². The largest absolute Gasteiger partial charge is 0.208 e. The van der Waals surface area contributed by atoms with Gasteiger partial charge in [-0.15, -0.1) is 0 Å². The van der Waals surface area contributed by atoms with Gasteiger partial charge in [0.05, 0.1) is 11.6 Å². The Balaban J connectivity index is 1.05. The molecule has 0 bridgehead atoms. The van der Waals surface area contributed by atoms with Crippen LogP contribution >= 0.6 is 0 Å². The summed E-state index contributed by atoms with van der Waals surface area (Å²) in [5.74, 6) is 3.48. The van der Waals surface area contributed by atoms with Gasteiger partial charge >= 0.3 is 0 Å². The minimum atomic E-state index is 0.504. The van der Waals surface area contributed by atoms with E-state index >= 15 is 0 Å². The monoisotopic (exact) mass is 691 g/mol. The van der Waals surface area contributed by atoms with Crippen LogP contribution in [0, 0.1) is 11.3 Å². The number of nitriles is 1. The fourth-order valence-corrected chi connectivity index (χ4v) is 6.38. The maximum absolute atomic E-state index is 9.56. The first-order valence-corrected chi connectivity index (χ1v) is 17.5. The van der Waals surface area contributed by atoms with Crippen molar-refractivity contribution in [1.29, 1.82) is 5.26 Å². The number of hydrogen-bond acceptors (Lipinski definition) is 7. The Hall–Kier alpha value is -7.69. The van der Waals surface area contributed by atoms with E-state index in [-0.39, 0.29) is 0 Å². The van der Waals surface area contributed by atoms with Crippen LogP contribution < -0.4 is 0 Å². The first-order chi connectivity index (χ1) is 26.7. The molecule has 0 aliphatic rings. The quantitative estimate of drug-likeness (QED) is 0.164. The molecule has 54 heavy (non-hydrogen) atoms. The number of benzene rings is 7. The Morgan fingerprint density at radius 1 is 0.278 bits per heavy atom. The highest BCUT2D eigenvalue weighted by atomic mass is 15.0. The van der Waals surface area contributed by atoms with Crippen LogP contribution in [-0.2, 0) is 0 Å². The minimum absolute atomic E-state index is 0.504. The van der Waals surface area contributed by atoms with Crippen LogP contribution in [0.5, 0.6) is 0 Å². The van der Waals surface area contributed by atoms with Crippen LogP contribution in [0.1, 0.15) is 5.56 Å². The summed E-state index contributed by atoms with van der Waals surface area (Å²) in [5, 5.41) is 11.8. The lowest BCUT2D eigenvalue weighted by Crippen LogP contribution is -2.00. The lowest BCUT2D eigenvalue weighted by molar-refractivity contribution is 1.07. The summed E-state index contributed by atoms with van der Waals surface area (Å²) in [4.78, 5) is 29.3. The Labute approximate surface area is 312 Å². The second kappa shape index (κ2) is 14.1. The molecule has 9 aromatic rings. The Kier molecular flexibility index (Phi) is 8.44. The van der Waals surface area contributed by atoms with E-state index in [0.717, 1.165) is 55.3 Å².